The average Bonchev–Trinajstić information content (AvgIpc) is 2.65. The van der Waals surface area contributed by atoms with Crippen LogP contribution in [0.2, 0.25) is 0 Å². The second-order valence-corrected chi connectivity index (χ2v) is 6.17. The maximum atomic E-state index is 12.5. The van der Waals surface area contributed by atoms with Crippen molar-refractivity contribution in [2.45, 2.75) is 32.6 Å². The first-order valence-electron chi connectivity index (χ1n) is 8.75. The Hall–Kier alpha value is -1.94. The van der Waals surface area contributed by atoms with Gasteiger partial charge in [-0.05, 0) is 25.5 Å². The number of nitrogens with one attached hydrogen (secondary N) is 2. The highest BCUT2D eigenvalue weighted by molar-refractivity contribution is 14.0. The molecule has 2 aromatic carbocycles. The van der Waals surface area contributed by atoms with E-state index in [9.17, 15) is 13.9 Å². The summed E-state index contributed by atoms with van der Waals surface area (Å²) in [4.78, 5) is 4.41. The Morgan fingerprint density at radius 2 is 1.75 bits per heavy atom. The molecule has 8 heteroatoms. The van der Waals surface area contributed by atoms with Crippen LogP contribution in [0.1, 0.15) is 25.0 Å². The molecule has 0 radical (unpaired) electrons. The molecule has 0 fully saturated rings. The van der Waals surface area contributed by atoms with Gasteiger partial charge in [-0.15, -0.1) is 24.0 Å². The predicted molar refractivity (Wildman–Crippen MR) is 117 cm³/mol. The fourth-order valence-electron chi connectivity index (χ4n) is 2.51. The van der Waals surface area contributed by atoms with Crippen LogP contribution in [-0.2, 0) is 12.1 Å². The monoisotopic (exact) mass is 505 g/mol. The van der Waals surface area contributed by atoms with E-state index in [0.29, 0.717) is 18.1 Å². The van der Waals surface area contributed by atoms with E-state index < -0.39 is 12.2 Å². The molecule has 0 aliphatic heterocycles. The van der Waals surface area contributed by atoms with Crippen LogP contribution in [0.3, 0.4) is 0 Å². The van der Waals surface area contributed by atoms with Crippen molar-refractivity contribution in [3.05, 3.63) is 65.7 Å². The van der Waals surface area contributed by atoms with Crippen LogP contribution < -0.4 is 15.4 Å². The molecule has 0 aliphatic carbocycles. The molecule has 0 saturated heterocycles. The second-order valence-electron chi connectivity index (χ2n) is 6.17. The fourth-order valence-corrected chi connectivity index (χ4v) is 2.51. The largest absolute Gasteiger partial charge is 0.434 e. The lowest BCUT2D eigenvalue weighted by Gasteiger charge is -2.25. The summed E-state index contributed by atoms with van der Waals surface area (Å²) in [7, 11) is 0. The molecular weight excluding hydrogens is 479 g/mol. The van der Waals surface area contributed by atoms with Crippen LogP contribution in [0.4, 0.5) is 8.78 Å². The molecular formula is C20H26F2IN3O2. The molecule has 0 heterocycles. The van der Waals surface area contributed by atoms with E-state index in [-0.39, 0.29) is 42.8 Å². The highest BCUT2D eigenvalue weighted by Gasteiger charge is 2.23. The third kappa shape index (κ3) is 7.59. The van der Waals surface area contributed by atoms with Crippen LogP contribution in [0.5, 0.6) is 5.75 Å². The topological polar surface area (TPSA) is 65.9 Å². The van der Waals surface area contributed by atoms with Crippen LogP contribution in [0.15, 0.2) is 59.6 Å². The lowest BCUT2D eigenvalue weighted by molar-refractivity contribution is -0.0504. The van der Waals surface area contributed by atoms with Crippen molar-refractivity contribution in [3.63, 3.8) is 0 Å². The Balaban J connectivity index is 0.00000392. The summed E-state index contributed by atoms with van der Waals surface area (Å²) in [6.45, 7) is 1.76. The molecule has 0 bridgehead atoms. The van der Waals surface area contributed by atoms with E-state index >= 15 is 0 Å². The predicted octanol–water partition coefficient (Wildman–Crippen LogP) is 3.87. The Morgan fingerprint density at radius 1 is 1.11 bits per heavy atom. The van der Waals surface area contributed by atoms with E-state index in [1.54, 1.807) is 25.1 Å². The highest BCUT2D eigenvalue weighted by atomic mass is 127. The molecule has 5 nitrogen and oxygen atoms in total. The van der Waals surface area contributed by atoms with Crippen molar-refractivity contribution < 1.29 is 18.6 Å². The minimum absolute atomic E-state index is 0. The standard InChI is InChI=1S/C20H25F2N3O2.HI/c1-3-23-19(25-14-20(2,26)16-10-5-4-6-11-16)24-13-15-9-7-8-12-17(15)27-18(21)22;/h4-12,18,26H,3,13-14H2,1-2H3,(H2,23,24,25);1H. The van der Waals surface area contributed by atoms with Gasteiger partial charge < -0.3 is 20.5 Å². The van der Waals surface area contributed by atoms with Gasteiger partial charge in [-0.1, -0.05) is 48.5 Å². The van der Waals surface area contributed by atoms with Gasteiger partial charge >= 0.3 is 6.61 Å². The van der Waals surface area contributed by atoms with Crippen LogP contribution in [0.25, 0.3) is 0 Å². The molecule has 1 atom stereocenters. The number of guanidine groups is 1. The second kappa shape index (κ2) is 11.8. The van der Waals surface area contributed by atoms with E-state index in [2.05, 4.69) is 20.4 Å². The zero-order chi connectivity index (χ0) is 19.7. The summed E-state index contributed by atoms with van der Waals surface area (Å²) in [5.41, 5.74) is 0.238. The van der Waals surface area contributed by atoms with Crippen molar-refractivity contribution in [3.8, 4) is 5.75 Å². The molecule has 2 aromatic rings. The van der Waals surface area contributed by atoms with Gasteiger partial charge in [0, 0.05) is 12.1 Å². The number of hydrogen-bond acceptors (Lipinski definition) is 3. The first-order chi connectivity index (χ1) is 12.9. The van der Waals surface area contributed by atoms with Gasteiger partial charge in [0.15, 0.2) is 5.96 Å². The van der Waals surface area contributed by atoms with Crippen molar-refractivity contribution in [1.82, 2.24) is 10.6 Å². The van der Waals surface area contributed by atoms with Crippen LogP contribution >= 0.6 is 24.0 Å². The number of halogens is 3. The Morgan fingerprint density at radius 3 is 2.39 bits per heavy atom. The molecule has 2 rings (SSSR count). The van der Waals surface area contributed by atoms with Gasteiger partial charge in [-0.2, -0.15) is 8.78 Å². The number of rotatable bonds is 8. The van der Waals surface area contributed by atoms with E-state index in [4.69, 9.17) is 0 Å². The smallest absolute Gasteiger partial charge is 0.387 e. The van der Waals surface area contributed by atoms with Crippen molar-refractivity contribution in [2.75, 3.05) is 13.1 Å². The Labute approximate surface area is 181 Å². The molecule has 0 saturated carbocycles. The van der Waals surface area contributed by atoms with E-state index in [0.717, 1.165) is 5.56 Å². The average molecular weight is 505 g/mol. The SMILES string of the molecule is CCNC(=NCc1ccccc1OC(F)F)NCC(C)(O)c1ccccc1.I. The maximum absolute atomic E-state index is 12.5. The molecule has 0 aromatic heterocycles. The van der Waals surface area contributed by atoms with Gasteiger partial charge in [0.1, 0.15) is 11.4 Å². The molecule has 3 N–H and O–H groups in total. The Bertz CT molecular complexity index is 743. The quantitative estimate of drug-likeness (QED) is 0.290. The van der Waals surface area contributed by atoms with Gasteiger partial charge in [0.05, 0.1) is 13.1 Å². The first-order valence-corrected chi connectivity index (χ1v) is 8.75. The summed E-state index contributed by atoms with van der Waals surface area (Å²) in [5.74, 6) is 0.573. The highest BCUT2D eigenvalue weighted by Crippen LogP contribution is 2.21. The normalized spacial score (nSPS) is 13.4. The van der Waals surface area contributed by atoms with Crippen molar-refractivity contribution in [2.24, 2.45) is 4.99 Å². The van der Waals surface area contributed by atoms with Gasteiger partial charge in [0.2, 0.25) is 0 Å². The zero-order valence-corrected chi connectivity index (χ0v) is 18.2. The van der Waals surface area contributed by atoms with Gasteiger partial charge in [-0.25, -0.2) is 4.99 Å². The summed E-state index contributed by atoms with van der Waals surface area (Å²) in [5, 5.41) is 16.8. The molecule has 1 unspecified atom stereocenters. The van der Waals surface area contributed by atoms with Crippen LogP contribution in [0, 0.1) is 0 Å². The third-order valence-corrected chi connectivity index (χ3v) is 3.94. The van der Waals surface area contributed by atoms with Crippen LogP contribution in [-0.4, -0.2) is 30.8 Å². The number of aliphatic imine (C=N–C) groups is 1. The van der Waals surface area contributed by atoms with Gasteiger partial charge in [-0.3, -0.25) is 0 Å². The van der Waals surface area contributed by atoms with E-state index in [1.165, 1.54) is 6.07 Å². The minimum Gasteiger partial charge on any atom is -0.434 e. The zero-order valence-electron chi connectivity index (χ0n) is 15.9. The number of para-hydroxylation sites is 1. The first kappa shape index (κ1) is 24.1. The number of benzene rings is 2. The lowest BCUT2D eigenvalue weighted by Crippen LogP contribution is -2.44. The molecule has 154 valence electrons. The molecule has 28 heavy (non-hydrogen) atoms. The third-order valence-electron chi connectivity index (χ3n) is 3.94. The number of alkyl halides is 2. The number of aliphatic hydroxyl groups is 1. The number of hydrogen-bond donors (Lipinski definition) is 3. The van der Waals surface area contributed by atoms with Gasteiger partial charge in [0.25, 0.3) is 0 Å². The Kier molecular flexibility index (Phi) is 10.2. The summed E-state index contributed by atoms with van der Waals surface area (Å²) in [6, 6.07) is 15.9. The molecule has 0 spiro atoms. The molecule has 0 aliphatic rings. The lowest BCUT2D eigenvalue weighted by atomic mass is 9.96. The van der Waals surface area contributed by atoms with Crippen molar-refractivity contribution in [1.29, 1.82) is 0 Å². The fraction of sp³-hybridized carbons (Fsp3) is 0.350. The number of ether oxygens (including phenoxy) is 1. The van der Waals surface area contributed by atoms with Crippen molar-refractivity contribution >= 4 is 29.9 Å². The van der Waals surface area contributed by atoms with E-state index in [1.807, 2.05) is 37.3 Å². The number of nitrogens with zero attached hydrogens (tertiary/aromatic N) is 1. The summed E-state index contributed by atoms with van der Waals surface area (Å²) in [6.07, 6.45) is 0. The maximum Gasteiger partial charge on any atom is 0.387 e. The molecule has 0 amide bonds. The minimum atomic E-state index is -2.89. The summed E-state index contributed by atoms with van der Waals surface area (Å²) >= 11 is 0. The summed E-state index contributed by atoms with van der Waals surface area (Å²) < 4.78 is 29.6.